The van der Waals surface area contributed by atoms with Gasteiger partial charge in [-0.3, -0.25) is 4.79 Å². The molecule has 0 spiro atoms. The summed E-state index contributed by atoms with van der Waals surface area (Å²) in [5.74, 6) is 1.60. The molecule has 0 aliphatic heterocycles. The van der Waals surface area contributed by atoms with Gasteiger partial charge in [0.15, 0.2) is 0 Å². The first-order valence-electron chi connectivity index (χ1n) is 6.69. The zero-order chi connectivity index (χ0) is 14.3. The van der Waals surface area contributed by atoms with Gasteiger partial charge in [-0.2, -0.15) is 0 Å². The average Bonchev–Trinajstić information content (AvgIpc) is 2.38. The Hall–Kier alpha value is -1.55. The monoisotopic (exact) mass is 264 g/mol. The van der Waals surface area contributed by atoms with Crippen LogP contribution in [0.3, 0.4) is 0 Å². The smallest absolute Gasteiger partial charge is 0.224 e. The van der Waals surface area contributed by atoms with Gasteiger partial charge >= 0.3 is 0 Å². The molecule has 0 heterocycles. The summed E-state index contributed by atoms with van der Waals surface area (Å²) in [4.78, 5) is 11.9. The molecule has 0 aliphatic rings. The Bertz CT molecular complexity index is 388. The quantitative estimate of drug-likeness (QED) is 0.795. The summed E-state index contributed by atoms with van der Waals surface area (Å²) < 4.78 is 5.07. The largest absolute Gasteiger partial charge is 0.497 e. The van der Waals surface area contributed by atoms with Gasteiger partial charge in [0, 0.05) is 12.1 Å². The van der Waals surface area contributed by atoms with Gasteiger partial charge in [0.2, 0.25) is 5.91 Å². The molecule has 4 nitrogen and oxygen atoms in total. The van der Waals surface area contributed by atoms with E-state index in [0.717, 1.165) is 17.9 Å². The minimum Gasteiger partial charge on any atom is -0.497 e. The van der Waals surface area contributed by atoms with Crippen LogP contribution >= 0.6 is 0 Å². The molecule has 4 heteroatoms. The first-order valence-corrected chi connectivity index (χ1v) is 6.69. The molecule has 106 valence electrons. The van der Waals surface area contributed by atoms with E-state index in [9.17, 15) is 4.79 Å². The lowest BCUT2D eigenvalue weighted by atomic mass is 9.94. The molecule has 1 aromatic carbocycles. The van der Waals surface area contributed by atoms with E-state index < -0.39 is 0 Å². The number of nitrogens with one attached hydrogen (secondary N) is 1. The lowest BCUT2D eigenvalue weighted by Gasteiger charge is -2.16. The van der Waals surface area contributed by atoms with E-state index in [1.54, 1.807) is 7.11 Å². The molecule has 19 heavy (non-hydrogen) atoms. The molecule has 0 fully saturated rings. The second-order valence-electron chi connectivity index (χ2n) is 5.21. The average molecular weight is 264 g/mol. The third kappa shape index (κ3) is 5.75. The van der Waals surface area contributed by atoms with Crippen molar-refractivity contribution in [2.24, 2.45) is 17.6 Å². The van der Waals surface area contributed by atoms with Gasteiger partial charge in [-0.15, -0.1) is 0 Å². The van der Waals surface area contributed by atoms with Crippen molar-refractivity contribution in [2.45, 2.75) is 26.7 Å². The fraction of sp³-hybridized carbons (Fsp3) is 0.533. The maximum Gasteiger partial charge on any atom is 0.224 e. The van der Waals surface area contributed by atoms with E-state index >= 15 is 0 Å². The molecule has 0 saturated heterocycles. The standard InChI is InChI=1S/C15H24N2O2/c1-11(2)8-12(10-16)9-15(18)17-13-4-6-14(19-3)7-5-13/h4-7,11-12H,8-10,16H2,1-3H3,(H,17,18). The fourth-order valence-corrected chi connectivity index (χ4v) is 2.08. The molecule has 1 amide bonds. The zero-order valence-corrected chi connectivity index (χ0v) is 12.0. The summed E-state index contributed by atoms with van der Waals surface area (Å²) in [6, 6.07) is 7.31. The molecule has 1 aromatic rings. The van der Waals surface area contributed by atoms with Crippen LogP contribution < -0.4 is 15.8 Å². The van der Waals surface area contributed by atoms with E-state index in [0.29, 0.717) is 18.9 Å². The Labute approximate surface area is 115 Å². The van der Waals surface area contributed by atoms with Crippen molar-refractivity contribution in [1.82, 2.24) is 0 Å². The number of carbonyl (C=O) groups is 1. The molecule has 0 radical (unpaired) electrons. The lowest BCUT2D eigenvalue weighted by Crippen LogP contribution is -2.23. The van der Waals surface area contributed by atoms with Crippen LogP contribution in [0.4, 0.5) is 5.69 Å². The number of anilines is 1. The summed E-state index contributed by atoms with van der Waals surface area (Å²) in [5.41, 5.74) is 6.49. The highest BCUT2D eigenvalue weighted by Crippen LogP contribution is 2.18. The van der Waals surface area contributed by atoms with E-state index in [1.165, 1.54) is 0 Å². The highest BCUT2D eigenvalue weighted by molar-refractivity contribution is 5.90. The Morgan fingerprint density at radius 3 is 2.42 bits per heavy atom. The van der Waals surface area contributed by atoms with Gasteiger partial charge in [0.25, 0.3) is 0 Å². The number of ether oxygens (including phenoxy) is 1. The van der Waals surface area contributed by atoms with Gasteiger partial charge in [0.1, 0.15) is 5.75 Å². The van der Waals surface area contributed by atoms with Crippen LogP contribution in [0.15, 0.2) is 24.3 Å². The third-order valence-corrected chi connectivity index (χ3v) is 2.99. The predicted octanol–water partition coefficient (Wildman–Crippen LogP) is 2.64. The van der Waals surface area contributed by atoms with Crippen molar-refractivity contribution in [3.8, 4) is 5.75 Å². The highest BCUT2D eigenvalue weighted by Gasteiger charge is 2.14. The molecule has 0 aliphatic carbocycles. The molecule has 1 atom stereocenters. The number of methoxy groups -OCH3 is 1. The Morgan fingerprint density at radius 2 is 1.95 bits per heavy atom. The SMILES string of the molecule is COc1ccc(NC(=O)CC(CN)CC(C)C)cc1. The van der Waals surface area contributed by atoms with Crippen molar-refractivity contribution in [3.05, 3.63) is 24.3 Å². The Kier molecular flexibility index (Phi) is 6.36. The first-order chi connectivity index (χ1) is 9.05. The number of hydrogen-bond acceptors (Lipinski definition) is 3. The van der Waals surface area contributed by atoms with Gasteiger partial charge in [0.05, 0.1) is 7.11 Å². The Balaban J connectivity index is 2.49. The van der Waals surface area contributed by atoms with Crippen LogP contribution in [0, 0.1) is 11.8 Å². The minimum absolute atomic E-state index is 0.0151. The molecule has 1 rings (SSSR count). The van der Waals surface area contributed by atoms with E-state index in [2.05, 4.69) is 19.2 Å². The highest BCUT2D eigenvalue weighted by atomic mass is 16.5. The van der Waals surface area contributed by atoms with E-state index in [1.807, 2.05) is 24.3 Å². The predicted molar refractivity (Wildman–Crippen MR) is 78.2 cm³/mol. The molecule has 0 aromatic heterocycles. The molecule has 0 bridgehead atoms. The molecule has 0 saturated carbocycles. The number of rotatable bonds is 7. The van der Waals surface area contributed by atoms with Crippen LogP contribution in [0.1, 0.15) is 26.7 Å². The molecular weight excluding hydrogens is 240 g/mol. The maximum absolute atomic E-state index is 11.9. The number of nitrogens with two attached hydrogens (primary N) is 1. The molecular formula is C15H24N2O2. The van der Waals surface area contributed by atoms with Gasteiger partial charge in [-0.05, 0) is 49.1 Å². The van der Waals surface area contributed by atoms with Crippen molar-refractivity contribution < 1.29 is 9.53 Å². The number of benzene rings is 1. The maximum atomic E-state index is 11.9. The van der Waals surface area contributed by atoms with Crippen LogP contribution in [0.25, 0.3) is 0 Å². The van der Waals surface area contributed by atoms with Crippen molar-refractivity contribution in [3.63, 3.8) is 0 Å². The number of amides is 1. The topological polar surface area (TPSA) is 64.3 Å². The summed E-state index contributed by atoms with van der Waals surface area (Å²) >= 11 is 0. The van der Waals surface area contributed by atoms with Crippen molar-refractivity contribution >= 4 is 11.6 Å². The van der Waals surface area contributed by atoms with Crippen molar-refractivity contribution in [2.75, 3.05) is 19.0 Å². The first kappa shape index (κ1) is 15.5. The van der Waals surface area contributed by atoms with Gasteiger partial charge < -0.3 is 15.8 Å². The summed E-state index contributed by atoms with van der Waals surface area (Å²) in [5, 5.41) is 2.88. The summed E-state index contributed by atoms with van der Waals surface area (Å²) in [6.45, 7) is 4.84. The number of carbonyl (C=O) groups excluding carboxylic acids is 1. The van der Waals surface area contributed by atoms with Crippen LogP contribution in [-0.4, -0.2) is 19.6 Å². The zero-order valence-electron chi connectivity index (χ0n) is 12.0. The van der Waals surface area contributed by atoms with Crippen LogP contribution in [0.2, 0.25) is 0 Å². The minimum atomic E-state index is 0.0151. The Morgan fingerprint density at radius 1 is 1.32 bits per heavy atom. The van der Waals surface area contributed by atoms with Gasteiger partial charge in [-0.1, -0.05) is 13.8 Å². The second-order valence-corrected chi connectivity index (χ2v) is 5.21. The summed E-state index contributed by atoms with van der Waals surface area (Å²) in [7, 11) is 1.62. The lowest BCUT2D eigenvalue weighted by molar-refractivity contribution is -0.117. The van der Waals surface area contributed by atoms with Crippen LogP contribution in [0.5, 0.6) is 5.75 Å². The molecule has 3 N–H and O–H groups in total. The third-order valence-electron chi connectivity index (χ3n) is 2.99. The van der Waals surface area contributed by atoms with E-state index in [4.69, 9.17) is 10.5 Å². The van der Waals surface area contributed by atoms with Gasteiger partial charge in [-0.25, -0.2) is 0 Å². The van der Waals surface area contributed by atoms with Crippen LogP contribution in [-0.2, 0) is 4.79 Å². The molecule has 1 unspecified atom stereocenters. The fourth-order valence-electron chi connectivity index (χ4n) is 2.08. The van der Waals surface area contributed by atoms with Crippen molar-refractivity contribution in [1.29, 1.82) is 0 Å². The van der Waals surface area contributed by atoms with E-state index in [-0.39, 0.29) is 11.8 Å². The normalized spacial score (nSPS) is 12.3. The number of hydrogen-bond donors (Lipinski definition) is 2. The summed E-state index contributed by atoms with van der Waals surface area (Å²) in [6.07, 6.45) is 1.45. The second kappa shape index (κ2) is 7.79.